The van der Waals surface area contributed by atoms with Crippen LogP contribution in [0.2, 0.25) is 0 Å². The van der Waals surface area contributed by atoms with Gasteiger partial charge in [-0.05, 0) is 18.8 Å². The Kier molecular flexibility index (Phi) is 9.31. The topological polar surface area (TPSA) is 142 Å². The van der Waals surface area contributed by atoms with E-state index in [9.17, 15) is 19.2 Å². The largest absolute Gasteiger partial charge is 0.357 e. The van der Waals surface area contributed by atoms with Crippen molar-refractivity contribution in [1.29, 1.82) is 0 Å². The summed E-state index contributed by atoms with van der Waals surface area (Å²) in [5, 5.41) is 9.91. The molecule has 0 saturated carbocycles. The van der Waals surface area contributed by atoms with Crippen LogP contribution in [0.15, 0.2) is 0 Å². The Morgan fingerprint density at radius 1 is 1.18 bits per heavy atom. The zero-order chi connectivity index (χ0) is 17.1. The molecule has 22 heavy (non-hydrogen) atoms. The molecule has 126 valence electrons. The van der Waals surface area contributed by atoms with E-state index in [4.69, 9.17) is 5.73 Å². The summed E-state index contributed by atoms with van der Waals surface area (Å²) < 4.78 is 0. The summed E-state index contributed by atoms with van der Waals surface area (Å²) in [6, 6.07) is -2.11. The first kappa shape index (κ1) is 19.7. The molecule has 0 spiro atoms. The first-order valence-electron chi connectivity index (χ1n) is 7.08. The van der Waals surface area contributed by atoms with E-state index in [1.807, 2.05) is 0 Å². The number of carbonyl (C=O) groups is 4. The van der Waals surface area contributed by atoms with Crippen LogP contribution in [-0.4, -0.2) is 49.9 Å². The summed E-state index contributed by atoms with van der Waals surface area (Å²) in [5.74, 6) is -0.897. The summed E-state index contributed by atoms with van der Waals surface area (Å²) in [6.07, 6.45) is 1.25. The van der Waals surface area contributed by atoms with Crippen LogP contribution in [0.5, 0.6) is 0 Å². The standard InChI is InChI=1S/C13H25N5O4/c1-8(2)10(17-7-19)12(21)18-9(11(20)15-3)5-4-6-16-13(14)22/h7-10H,4-6H2,1-3H3,(H,15,20)(H,17,19)(H,18,21)(H3,14,16,22)/t9-,10-/m0/s1. The highest BCUT2D eigenvalue weighted by molar-refractivity contribution is 5.90. The number of hydrogen-bond donors (Lipinski definition) is 5. The molecular weight excluding hydrogens is 290 g/mol. The van der Waals surface area contributed by atoms with E-state index < -0.39 is 24.0 Å². The van der Waals surface area contributed by atoms with E-state index in [1.54, 1.807) is 13.8 Å². The fourth-order valence-corrected chi connectivity index (χ4v) is 1.87. The number of carbonyl (C=O) groups excluding carboxylic acids is 4. The molecule has 0 saturated heterocycles. The van der Waals surface area contributed by atoms with Crippen molar-refractivity contribution in [3.05, 3.63) is 0 Å². The quantitative estimate of drug-likeness (QED) is 0.245. The van der Waals surface area contributed by atoms with Crippen LogP contribution in [0.4, 0.5) is 4.79 Å². The molecular formula is C13H25N5O4. The highest BCUT2D eigenvalue weighted by Gasteiger charge is 2.26. The monoisotopic (exact) mass is 315 g/mol. The predicted octanol–water partition coefficient (Wildman–Crippen LogP) is -1.56. The second-order valence-corrected chi connectivity index (χ2v) is 5.11. The molecule has 0 fully saturated rings. The molecule has 0 radical (unpaired) electrons. The van der Waals surface area contributed by atoms with Gasteiger partial charge in [-0.1, -0.05) is 13.8 Å². The van der Waals surface area contributed by atoms with Gasteiger partial charge in [-0.3, -0.25) is 14.4 Å². The fourth-order valence-electron chi connectivity index (χ4n) is 1.87. The Hall–Kier alpha value is -2.32. The highest BCUT2D eigenvalue weighted by atomic mass is 16.2. The van der Waals surface area contributed by atoms with Crippen molar-refractivity contribution in [2.45, 2.75) is 38.8 Å². The van der Waals surface area contributed by atoms with Crippen molar-refractivity contribution >= 4 is 24.3 Å². The van der Waals surface area contributed by atoms with Crippen molar-refractivity contribution < 1.29 is 19.2 Å². The third-order valence-electron chi connectivity index (χ3n) is 3.04. The lowest BCUT2D eigenvalue weighted by atomic mass is 10.0. The normalized spacial score (nSPS) is 12.9. The first-order valence-corrected chi connectivity index (χ1v) is 7.08. The van der Waals surface area contributed by atoms with Gasteiger partial charge in [0.25, 0.3) is 0 Å². The van der Waals surface area contributed by atoms with Crippen LogP contribution in [-0.2, 0) is 14.4 Å². The second-order valence-electron chi connectivity index (χ2n) is 5.11. The summed E-state index contributed by atoms with van der Waals surface area (Å²) >= 11 is 0. The van der Waals surface area contributed by atoms with Crippen molar-refractivity contribution in [2.24, 2.45) is 11.7 Å². The number of rotatable bonds is 10. The summed E-state index contributed by atoms with van der Waals surface area (Å²) in [6.45, 7) is 3.87. The maximum Gasteiger partial charge on any atom is 0.312 e. The van der Waals surface area contributed by atoms with E-state index in [1.165, 1.54) is 7.05 Å². The van der Waals surface area contributed by atoms with Gasteiger partial charge in [0.05, 0.1) is 0 Å². The number of likely N-dealkylation sites (N-methyl/N-ethyl adjacent to an activating group) is 1. The second kappa shape index (κ2) is 10.4. The third kappa shape index (κ3) is 7.46. The SMILES string of the molecule is CNC(=O)[C@H](CCCNC(N)=O)NC(=O)[C@@H](NC=O)C(C)C. The lowest BCUT2D eigenvalue weighted by molar-refractivity contribution is -0.131. The van der Waals surface area contributed by atoms with Crippen molar-refractivity contribution in [2.75, 3.05) is 13.6 Å². The number of nitrogens with one attached hydrogen (secondary N) is 4. The van der Waals surface area contributed by atoms with Gasteiger partial charge in [0.1, 0.15) is 12.1 Å². The molecule has 9 heteroatoms. The summed E-state index contributed by atoms with van der Waals surface area (Å²) in [5.41, 5.74) is 4.94. The maximum atomic E-state index is 12.1. The molecule has 2 atom stereocenters. The molecule has 0 unspecified atom stereocenters. The summed E-state index contributed by atoms with van der Waals surface area (Å²) in [4.78, 5) is 45.1. The number of urea groups is 1. The van der Waals surface area contributed by atoms with E-state index in [2.05, 4.69) is 21.3 Å². The molecule has 0 heterocycles. The lowest BCUT2D eigenvalue weighted by Crippen LogP contribution is -2.53. The zero-order valence-corrected chi connectivity index (χ0v) is 13.1. The number of nitrogens with two attached hydrogens (primary N) is 1. The predicted molar refractivity (Wildman–Crippen MR) is 80.6 cm³/mol. The van der Waals surface area contributed by atoms with Gasteiger partial charge < -0.3 is 27.0 Å². The maximum absolute atomic E-state index is 12.1. The lowest BCUT2D eigenvalue weighted by Gasteiger charge is -2.23. The van der Waals surface area contributed by atoms with Gasteiger partial charge >= 0.3 is 6.03 Å². The molecule has 5 amide bonds. The molecule has 0 aliphatic carbocycles. The average Bonchev–Trinajstić information content (AvgIpc) is 2.46. The minimum Gasteiger partial charge on any atom is -0.357 e. The molecule has 0 bridgehead atoms. The Bertz CT molecular complexity index is 400. The first-order chi connectivity index (χ1) is 10.3. The van der Waals surface area contributed by atoms with Crippen molar-refractivity contribution in [1.82, 2.24) is 21.3 Å². The zero-order valence-electron chi connectivity index (χ0n) is 13.1. The van der Waals surface area contributed by atoms with Gasteiger partial charge in [0.15, 0.2) is 0 Å². The summed E-state index contributed by atoms with van der Waals surface area (Å²) in [7, 11) is 1.47. The number of hydrogen-bond acceptors (Lipinski definition) is 4. The third-order valence-corrected chi connectivity index (χ3v) is 3.04. The fraction of sp³-hybridized carbons (Fsp3) is 0.692. The van der Waals surface area contributed by atoms with Crippen LogP contribution in [0.1, 0.15) is 26.7 Å². The van der Waals surface area contributed by atoms with E-state index >= 15 is 0 Å². The Morgan fingerprint density at radius 3 is 2.27 bits per heavy atom. The molecule has 0 aromatic carbocycles. The Balaban J connectivity index is 4.62. The molecule has 0 aromatic rings. The van der Waals surface area contributed by atoms with Crippen LogP contribution in [0.3, 0.4) is 0 Å². The smallest absolute Gasteiger partial charge is 0.312 e. The van der Waals surface area contributed by atoms with Gasteiger partial charge in [-0.25, -0.2) is 4.79 Å². The highest BCUT2D eigenvalue weighted by Crippen LogP contribution is 2.04. The molecule has 0 rings (SSSR count). The Morgan fingerprint density at radius 2 is 1.82 bits per heavy atom. The number of amides is 5. The minimum absolute atomic E-state index is 0.118. The van der Waals surface area contributed by atoms with Crippen LogP contribution < -0.4 is 27.0 Å². The van der Waals surface area contributed by atoms with Gasteiger partial charge in [-0.15, -0.1) is 0 Å². The number of primary amides is 1. The van der Waals surface area contributed by atoms with Gasteiger partial charge in [0.2, 0.25) is 18.2 Å². The molecule has 6 N–H and O–H groups in total. The van der Waals surface area contributed by atoms with Gasteiger partial charge in [0, 0.05) is 13.6 Å². The van der Waals surface area contributed by atoms with Gasteiger partial charge in [-0.2, -0.15) is 0 Å². The molecule has 9 nitrogen and oxygen atoms in total. The average molecular weight is 315 g/mol. The molecule has 0 aliphatic heterocycles. The van der Waals surface area contributed by atoms with E-state index in [0.717, 1.165) is 0 Å². The van der Waals surface area contributed by atoms with E-state index in [0.29, 0.717) is 25.8 Å². The van der Waals surface area contributed by atoms with E-state index in [-0.39, 0.29) is 11.8 Å². The minimum atomic E-state index is -0.748. The van der Waals surface area contributed by atoms with Crippen molar-refractivity contribution in [3.8, 4) is 0 Å². The molecule has 0 aliphatic rings. The van der Waals surface area contributed by atoms with Crippen molar-refractivity contribution in [3.63, 3.8) is 0 Å². The van der Waals surface area contributed by atoms with Crippen LogP contribution in [0, 0.1) is 5.92 Å². The Labute approximate surface area is 129 Å². The molecule has 0 aromatic heterocycles. The van der Waals surface area contributed by atoms with Crippen LogP contribution >= 0.6 is 0 Å². The van der Waals surface area contributed by atoms with Crippen LogP contribution in [0.25, 0.3) is 0 Å².